The molecule has 3 heterocycles. The molecule has 2 aromatic carbocycles. The van der Waals surface area contributed by atoms with Gasteiger partial charge in [-0.15, -0.1) is 0 Å². The Balaban J connectivity index is 1.62. The molecule has 1 aliphatic heterocycles. The van der Waals surface area contributed by atoms with Gasteiger partial charge in [-0.3, -0.25) is 4.40 Å². The van der Waals surface area contributed by atoms with Gasteiger partial charge in [0.15, 0.2) is 0 Å². The smallest absolute Gasteiger partial charge is 0.141 e. The van der Waals surface area contributed by atoms with E-state index < -0.39 is 5.60 Å². The molecule has 0 bridgehead atoms. The van der Waals surface area contributed by atoms with E-state index in [0.29, 0.717) is 0 Å². The minimum atomic E-state index is -0.835. The molecule has 4 heteroatoms. The largest absolute Gasteiger partial charge is 0.386 e. The van der Waals surface area contributed by atoms with E-state index in [4.69, 9.17) is 4.98 Å². The number of hydrogen-bond acceptors (Lipinski definition) is 3. The molecule has 158 valence electrons. The topological polar surface area (TPSA) is 40.8 Å². The highest BCUT2D eigenvalue weighted by molar-refractivity contribution is 5.73. The summed E-state index contributed by atoms with van der Waals surface area (Å²) in [7, 11) is 0. The third kappa shape index (κ3) is 3.51. The lowest BCUT2D eigenvalue weighted by Crippen LogP contribution is -2.26. The van der Waals surface area contributed by atoms with Crippen molar-refractivity contribution in [2.75, 3.05) is 11.4 Å². The van der Waals surface area contributed by atoms with Crippen molar-refractivity contribution in [1.82, 2.24) is 9.38 Å². The number of aliphatic hydroxyl groups is 1. The Morgan fingerprint density at radius 1 is 0.935 bits per heavy atom. The van der Waals surface area contributed by atoms with Crippen molar-refractivity contribution in [2.45, 2.75) is 46.1 Å². The highest BCUT2D eigenvalue weighted by Gasteiger charge is 2.25. The Morgan fingerprint density at radius 3 is 2.42 bits per heavy atom. The van der Waals surface area contributed by atoms with Crippen molar-refractivity contribution in [3.63, 3.8) is 0 Å². The molecule has 0 saturated carbocycles. The van der Waals surface area contributed by atoms with E-state index in [1.54, 1.807) is 0 Å². The molecule has 1 N–H and O–H groups in total. The minimum Gasteiger partial charge on any atom is -0.386 e. The second-order valence-electron chi connectivity index (χ2n) is 9.21. The first kappa shape index (κ1) is 19.8. The van der Waals surface area contributed by atoms with E-state index in [0.717, 1.165) is 41.7 Å². The quantitative estimate of drug-likeness (QED) is 0.454. The van der Waals surface area contributed by atoms with Gasteiger partial charge in [0.2, 0.25) is 0 Å². The number of fused-ring (bicyclic) bond motifs is 3. The van der Waals surface area contributed by atoms with Crippen molar-refractivity contribution in [3.05, 3.63) is 83.2 Å². The molecule has 0 fully saturated rings. The standard InChI is InChI=1S/C27H29N3O/c1-18-7-8-19(2)24(16-18)29-15-5-6-23-26(29)30-17-21(11-14-25(30)28-23)20-9-12-22(13-10-20)27(3,4)31/h7-14,16-17,31H,5-6,15H2,1-4H3. The van der Waals surface area contributed by atoms with Crippen LogP contribution in [-0.2, 0) is 12.0 Å². The Labute approximate surface area is 183 Å². The molecule has 1 aliphatic rings. The molecule has 2 aromatic heterocycles. The molecule has 0 amide bonds. The number of rotatable bonds is 3. The van der Waals surface area contributed by atoms with Gasteiger partial charge in [0, 0.05) is 18.4 Å². The third-order valence-electron chi connectivity index (χ3n) is 6.29. The summed E-state index contributed by atoms with van der Waals surface area (Å²) in [5.41, 5.74) is 8.33. The highest BCUT2D eigenvalue weighted by atomic mass is 16.3. The van der Waals surface area contributed by atoms with Gasteiger partial charge in [-0.05, 0) is 86.6 Å². The molecule has 31 heavy (non-hydrogen) atoms. The second kappa shape index (κ2) is 7.24. The predicted molar refractivity (Wildman–Crippen MR) is 127 cm³/mol. The number of aryl methyl sites for hydroxylation is 3. The van der Waals surface area contributed by atoms with E-state index in [1.807, 2.05) is 26.0 Å². The van der Waals surface area contributed by atoms with Crippen molar-refractivity contribution < 1.29 is 5.11 Å². The minimum absolute atomic E-state index is 0.835. The monoisotopic (exact) mass is 411 g/mol. The molecule has 4 aromatic rings. The number of hydrogen-bond donors (Lipinski definition) is 1. The fourth-order valence-corrected chi connectivity index (χ4v) is 4.53. The SMILES string of the molecule is Cc1ccc(C)c(N2CCCc3nc4ccc(-c5ccc(C(C)(C)O)cc5)cn4c32)c1. The molecule has 0 radical (unpaired) electrons. The Hall–Kier alpha value is -3.11. The zero-order valence-electron chi connectivity index (χ0n) is 18.7. The summed E-state index contributed by atoms with van der Waals surface area (Å²) >= 11 is 0. The summed E-state index contributed by atoms with van der Waals surface area (Å²) in [6.45, 7) is 8.96. The average Bonchev–Trinajstić information content (AvgIpc) is 3.13. The van der Waals surface area contributed by atoms with Crippen molar-refractivity contribution in [3.8, 4) is 11.1 Å². The van der Waals surface area contributed by atoms with Crippen LogP contribution in [-0.4, -0.2) is 21.0 Å². The number of aromatic nitrogens is 2. The van der Waals surface area contributed by atoms with Crippen LogP contribution in [0.15, 0.2) is 60.8 Å². The summed E-state index contributed by atoms with van der Waals surface area (Å²) in [6, 6.07) is 19.1. The molecule has 0 spiro atoms. The number of nitrogens with zero attached hydrogens (tertiary/aromatic N) is 3. The normalized spacial score (nSPS) is 14.2. The Morgan fingerprint density at radius 2 is 1.68 bits per heavy atom. The van der Waals surface area contributed by atoms with Crippen LogP contribution in [0.1, 0.15) is 42.7 Å². The van der Waals surface area contributed by atoms with Gasteiger partial charge in [0.1, 0.15) is 11.5 Å². The van der Waals surface area contributed by atoms with Gasteiger partial charge in [-0.1, -0.05) is 36.4 Å². The van der Waals surface area contributed by atoms with Crippen LogP contribution in [0.5, 0.6) is 0 Å². The summed E-state index contributed by atoms with van der Waals surface area (Å²) in [4.78, 5) is 7.38. The highest BCUT2D eigenvalue weighted by Crippen LogP contribution is 2.37. The summed E-state index contributed by atoms with van der Waals surface area (Å²) in [6.07, 6.45) is 4.31. The molecule has 4 nitrogen and oxygen atoms in total. The maximum absolute atomic E-state index is 10.3. The summed E-state index contributed by atoms with van der Waals surface area (Å²) < 4.78 is 2.25. The second-order valence-corrected chi connectivity index (χ2v) is 9.21. The van der Waals surface area contributed by atoms with Crippen LogP contribution < -0.4 is 4.90 Å². The van der Waals surface area contributed by atoms with Crippen molar-refractivity contribution >= 4 is 17.2 Å². The molecular weight excluding hydrogens is 382 g/mol. The summed E-state index contributed by atoms with van der Waals surface area (Å²) in [5.74, 6) is 1.19. The van der Waals surface area contributed by atoms with Crippen LogP contribution >= 0.6 is 0 Å². The number of benzene rings is 2. The van der Waals surface area contributed by atoms with Crippen LogP contribution in [0.3, 0.4) is 0 Å². The van der Waals surface area contributed by atoms with Crippen molar-refractivity contribution in [2.24, 2.45) is 0 Å². The number of pyridine rings is 1. The lowest BCUT2D eigenvalue weighted by Gasteiger charge is -2.30. The lowest BCUT2D eigenvalue weighted by atomic mass is 9.96. The first-order chi connectivity index (χ1) is 14.8. The molecule has 5 rings (SSSR count). The van der Waals surface area contributed by atoms with E-state index in [-0.39, 0.29) is 0 Å². The molecular formula is C27H29N3O. The van der Waals surface area contributed by atoms with Gasteiger partial charge < -0.3 is 10.0 Å². The maximum Gasteiger partial charge on any atom is 0.141 e. The fraction of sp³-hybridized carbons (Fsp3) is 0.296. The van der Waals surface area contributed by atoms with Gasteiger partial charge in [0.25, 0.3) is 0 Å². The van der Waals surface area contributed by atoms with Crippen LogP contribution in [0, 0.1) is 13.8 Å². The van der Waals surface area contributed by atoms with E-state index in [9.17, 15) is 5.11 Å². The van der Waals surface area contributed by atoms with Crippen molar-refractivity contribution in [1.29, 1.82) is 0 Å². The van der Waals surface area contributed by atoms with Gasteiger partial charge in [0.05, 0.1) is 11.3 Å². The van der Waals surface area contributed by atoms with E-state index in [1.165, 1.54) is 28.3 Å². The first-order valence-electron chi connectivity index (χ1n) is 11.0. The van der Waals surface area contributed by atoms with Gasteiger partial charge >= 0.3 is 0 Å². The Bertz CT molecular complexity index is 1260. The fourth-order valence-electron chi connectivity index (χ4n) is 4.53. The average molecular weight is 412 g/mol. The summed E-state index contributed by atoms with van der Waals surface area (Å²) in [5, 5.41) is 10.3. The van der Waals surface area contributed by atoms with Crippen LogP contribution in [0.25, 0.3) is 16.8 Å². The van der Waals surface area contributed by atoms with E-state index >= 15 is 0 Å². The molecule has 0 aliphatic carbocycles. The predicted octanol–water partition coefficient (Wildman–Crippen LogP) is 5.93. The molecule has 0 saturated heterocycles. The zero-order valence-corrected chi connectivity index (χ0v) is 18.7. The molecule has 0 unspecified atom stereocenters. The maximum atomic E-state index is 10.3. The zero-order chi connectivity index (χ0) is 21.8. The number of anilines is 2. The number of imidazole rings is 1. The van der Waals surface area contributed by atoms with Crippen LogP contribution in [0.2, 0.25) is 0 Å². The Kier molecular flexibility index (Phi) is 4.63. The van der Waals surface area contributed by atoms with E-state index in [2.05, 4.69) is 71.8 Å². The van der Waals surface area contributed by atoms with Gasteiger partial charge in [-0.25, -0.2) is 4.98 Å². The molecule has 0 atom stereocenters. The van der Waals surface area contributed by atoms with Crippen LogP contribution in [0.4, 0.5) is 11.5 Å². The third-order valence-corrected chi connectivity index (χ3v) is 6.29. The first-order valence-corrected chi connectivity index (χ1v) is 11.0. The lowest BCUT2D eigenvalue weighted by molar-refractivity contribution is 0.0786. The van der Waals surface area contributed by atoms with Gasteiger partial charge in [-0.2, -0.15) is 0 Å².